The SMILES string of the molecule is Cc1c2c(c3ncccc3c1C)C=C=CC=C2. The maximum atomic E-state index is 4.52. The van der Waals surface area contributed by atoms with E-state index in [-0.39, 0.29) is 0 Å². The Morgan fingerprint density at radius 3 is 2.88 bits per heavy atom. The lowest BCUT2D eigenvalue weighted by Gasteiger charge is -2.13. The molecule has 0 saturated carbocycles. The Bertz CT molecular complexity index is 699. The molecule has 1 nitrogen and oxygen atoms in total. The van der Waals surface area contributed by atoms with Gasteiger partial charge in [-0.25, -0.2) is 0 Å². The monoisotopic (exact) mass is 219 g/mol. The van der Waals surface area contributed by atoms with Gasteiger partial charge in [-0.05, 0) is 48.8 Å². The molecule has 1 heteroatoms. The summed E-state index contributed by atoms with van der Waals surface area (Å²) < 4.78 is 0. The van der Waals surface area contributed by atoms with E-state index < -0.39 is 0 Å². The van der Waals surface area contributed by atoms with Gasteiger partial charge in [-0.15, -0.1) is 5.73 Å². The molecule has 0 amide bonds. The molecule has 1 aliphatic rings. The van der Waals surface area contributed by atoms with Gasteiger partial charge in [-0.1, -0.05) is 18.2 Å². The lowest BCUT2D eigenvalue weighted by Crippen LogP contribution is -1.95. The quantitative estimate of drug-likeness (QED) is 0.609. The van der Waals surface area contributed by atoms with Crippen LogP contribution >= 0.6 is 0 Å². The molecule has 1 aliphatic carbocycles. The first-order valence-corrected chi connectivity index (χ1v) is 5.76. The minimum atomic E-state index is 1.07. The summed E-state index contributed by atoms with van der Waals surface area (Å²) in [6.07, 6.45) is 9.98. The van der Waals surface area contributed by atoms with Crippen LogP contribution in [0.3, 0.4) is 0 Å². The summed E-state index contributed by atoms with van der Waals surface area (Å²) >= 11 is 0. The standard InChI is InChI=1S/C16H13N/c1-11-12(2)14-9-6-10-17-16(14)15-8-5-3-4-7-13(11)15/h3-4,6-10H,1-2H3. The Balaban J connectivity index is 2.57. The second-order valence-corrected chi connectivity index (χ2v) is 4.31. The minimum Gasteiger partial charge on any atom is -0.256 e. The average Bonchev–Trinajstić information content (AvgIpc) is 2.62. The molecule has 1 aromatic carbocycles. The largest absolute Gasteiger partial charge is 0.256 e. The van der Waals surface area contributed by atoms with Gasteiger partial charge in [0, 0.05) is 17.1 Å². The first-order chi connectivity index (χ1) is 8.29. The highest BCUT2D eigenvalue weighted by molar-refractivity contribution is 5.95. The van der Waals surface area contributed by atoms with E-state index in [1.165, 1.54) is 27.6 Å². The van der Waals surface area contributed by atoms with Gasteiger partial charge in [0.1, 0.15) is 0 Å². The fourth-order valence-corrected chi connectivity index (χ4v) is 2.35. The molecule has 0 spiro atoms. The van der Waals surface area contributed by atoms with Gasteiger partial charge in [0.2, 0.25) is 0 Å². The summed E-state index contributed by atoms with van der Waals surface area (Å²) in [5.41, 5.74) is 9.30. The number of rotatable bonds is 0. The second-order valence-electron chi connectivity index (χ2n) is 4.31. The fraction of sp³-hybridized carbons (Fsp3) is 0.125. The smallest absolute Gasteiger partial charge is 0.0789 e. The molecular formula is C16H13N. The van der Waals surface area contributed by atoms with Gasteiger partial charge < -0.3 is 0 Å². The van der Waals surface area contributed by atoms with Gasteiger partial charge >= 0.3 is 0 Å². The zero-order chi connectivity index (χ0) is 11.8. The van der Waals surface area contributed by atoms with Crippen LogP contribution in [0.4, 0.5) is 0 Å². The Hall–Kier alpha value is -2.11. The summed E-state index contributed by atoms with van der Waals surface area (Å²) in [4.78, 5) is 4.52. The highest BCUT2D eigenvalue weighted by Gasteiger charge is 2.12. The van der Waals surface area contributed by atoms with E-state index in [1.54, 1.807) is 0 Å². The third kappa shape index (κ3) is 1.44. The van der Waals surface area contributed by atoms with Crippen LogP contribution in [0.1, 0.15) is 22.3 Å². The number of benzene rings is 1. The number of allylic oxidation sites excluding steroid dienone is 2. The van der Waals surface area contributed by atoms with E-state index >= 15 is 0 Å². The van der Waals surface area contributed by atoms with Crippen LogP contribution in [0.5, 0.6) is 0 Å². The van der Waals surface area contributed by atoms with E-state index in [2.05, 4.69) is 36.7 Å². The summed E-state index contributed by atoms with van der Waals surface area (Å²) in [7, 11) is 0. The molecule has 2 aromatic rings. The molecule has 0 fully saturated rings. The number of aromatic nitrogens is 1. The molecule has 0 N–H and O–H groups in total. The van der Waals surface area contributed by atoms with Crippen molar-refractivity contribution in [2.75, 3.05) is 0 Å². The van der Waals surface area contributed by atoms with Crippen LogP contribution in [-0.4, -0.2) is 4.98 Å². The summed E-state index contributed by atoms with van der Waals surface area (Å²) in [5, 5.41) is 1.23. The van der Waals surface area contributed by atoms with Crippen LogP contribution in [-0.2, 0) is 0 Å². The molecule has 82 valence electrons. The van der Waals surface area contributed by atoms with Gasteiger partial charge in [-0.3, -0.25) is 4.98 Å². The molecule has 3 rings (SSSR count). The van der Waals surface area contributed by atoms with E-state index in [1.807, 2.05) is 30.5 Å². The lowest BCUT2D eigenvalue weighted by molar-refractivity contribution is 1.32. The predicted octanol–water partition coefficient (Wildman–Crippen LogP) is 4.05. The lowest BCUT2D eigenvalue weighted by atomic mass is 9.93. The highest BCUT2D eigenvalue weighted by atomic mass is 14.7. The zero-order valence-corrected chi connectivity index (χ0v) is 9.99. The van der Waals surface area contributed by atoms with Crippen molar-refractivity contribution in [1.29, 1.82) is 0 Å². The van der Waals surface area contributed by atoms with Gasteiger partial charge in [0.25, 0.3) is 0 Å². The highest BCUT2D eigenvalue weighted by Crippen LogP contribution is 2.30. The number of hydrogen-bond acceptors (Lipinski definition) is 1. The molecular weight excluding hydrogens is 206 g/mol. The van der Waals surface area contributed by atoms with E-state index in [0.717, 1.165) is 5.52 Å². The van der Waals surface area contributed by atoms with Gasteiger partial charge in [0.05, 0.1) is 5.52 Å². The summed E-state index contributed by atoms with van der Waals surface area (Å²) in [6, 6.07) is 4.13. The second kappa shape index (κ2) is 3.73. The van der Waals surface area contributed by atoms with Crippen molar-refractivity contribution < 1.29 is 0 Å². The van der Waals surface area contributed by atoms with Crippen LogP contribution in [0.15, 0.2) is 36.2 Å². The van der Waals surface area contributed by atoms with Crippen molar-refractivity contribution in [2.45, 2.75) is 13.8 Å². The average molecular weight is 219 g/mol. The molecule has 0 unspecified atom stereocenters. The molecule has 17 heavy (non-hydrogen) atoms. The van der Waals surface area contributed by atoms with Crippen LogP contribution in [0.2, 0.25) is 0 Å². The molecule has 1 aromatic heterocycles. The number of pyridine rings is 1. The van der Waals surface area contributed by atoms with Crippen molar-refractivity contribution in [3.8, 4) is 0 Å². The van der Waals surface area contributed by atoms with E-state index in [4.69, 9.17) is 0 Å². The van der Waals surface area contributed by atoms with Crippen molar-refractivity contribution in [2.24, 2.45) is 0 Å². The minimum absolute atomic E-state index is 1.07. The maximum Gasteiger partial charge on any atom is 0.0789 e. The van der Waals surface area contributed by atoms with E-state index in [9.17, 15) is 0 Å². The Labute approximate surface area is 101 Å². The first kappa shape index (κ1) is 10.1. The molecule has 0 atom stereocenters. The number of aryl methyl sites for hydroxylation is 1. The predicted molar refractivity (Wildman–Crippen MR) is 72.8 cm³/mol. The van der Waals surface area contributed by atoms with Crippen molar-refractivity contribution in [1.82, 2.24) is 4.98 Å². The first-order valence-electron chi connectivity index (χ1n) is 5.76. The van der Waals surface area contributed by atoms with Crippen molar-refractivity contribution in [3.05, 3.63) is 58.5 Å². The molecule has 1 heterocycles. The van der Waals surface area contributed by atoms with E-state index in [0.29, 0.717) is 0 Å². The third-order valence-corrected chi connectivity index (χ3v) is 3.41. The number of fused-ring (bicyclic) bond motifs is 3. The van der Waals surface area contributed by atoms with Crippen molar-refractivity contribution in [3.63, 3.8) is 0 Å². The zero-order valence-electron chi connectivity index (χ0n) is 9.99. The summed E-state index contributed by atoms with van der Waals surface area (Å²) in [6.45, 7) is 4.33. The Kier molecular flexibility index (Phi) is 2.21. The maximum absolute atomic E-state index is 4.52. The molecule has 0 bridgehead atoms. The number of nitrogens with zero attached hydrogens (tertiary/aromatic N) is 1. The normalized spacial score (nSPS) is 12.8. The Morgan fingerprint density at radius 2 is 2.00 bits per heavy atom. The van der Waals surface area contributed by atoms with Gasteiger partial charge in [0.15, 0.2) is 0 Å². The van der Waals surface area contributed by atoms with Crippen LogP contribution in [0, 0.1) is 13.8 Å². The topological polar surface area (TPSA) is 12.9 Å². The van der Waals surface area contributed by atoms with Crippen LogP contribution in [0.25, 0.3) is 23.1 Å². The van der Waals surface area contributed by atoms with Crippen molar-refractivity contribution >= 4 is 23.1 Å². The number of hydrogen-bond donors (Lipinski definition) is 0. The van der Waals surface area contributed by atoms with Gasteiger partial charge in [-0.2, -0.15) is 0 Å². The molecule has 0 saturated heterocycles. The molecule has 0 aliphatic heterocycles. The fourth-order valence-electron chi connectivity index (χ4n) is 2.35. The third-order valence-electron chi connectivity index (χ3n) is 3.41. The Morgan fingerprint density at radius 1 is 1.12 bits per heavy atom. The van der Waals surface area contributed by atoms with Crippen LogP contribution < -0.4 is 0 Å². The molecule has 0 radical (unpaired) electrons. The summed E-state index contributed by atoms with van der Waals surface area (Å²) in [5.74, 6) is 0.